The Morgan fingerprint density at radius 1 is 1.10 bits per heavy atom. The monoisotopic (exact) mass is 284 g/mol. The first-order chi connectivity index (χ1) is 9.55. The lowest BCUT2D eigenvalue weighted by Crippen LogP contribution is -2.04. The van der Waals surface area contributed by atoms with E-state index in [1.807, 2.05) is 0 Å². The number of aromatic amines is 1. The number of benzene rings is 1. The Morgan fingerprint density at radius 3 is 2.35 bits per heavy atom. The lowest BCUT2D eigenvalue weighted by Gasteiger charge is -2.10. The van der Waals surface area contributed by atoms with Crippen molar-refractivity contribution in [2.24, 2.45) is 0 Å². The minimum atomic E-state index is -4.34. The molecular weight excluding hydrogens is 273 g/mol. The van der Waals surface area contributed by atoms with Gasteiger partial charge in [0.25, 0.3) is 0 Å². The van der Waals surface area contributed by atoms with Crippen molar-refractivity contribution in [3.63, 3.8) is 0 Å². The Labute approximate surface area is 112 Å². The third-order valence-corrected chi connectivity index (χ3v) is 3.05. The van der Waals surface area contributed by atoms with E-state index in [4.69, 9.17) is 9.47 Å². The second-order valence-corrected chi connectivity index (χ2v) is 4.35. The summed E-state index contributed by atoms with van der Waals surface area (Å²) in [4.78, 5) is 0. The molecule has 0 atom stereocenters. The molecular formula is C13H11F3N2O2. The predicted molar refractivity (Wildman–Crippen MR) is 63.7 cm³/mol. The molecule has 1 aromatic heterocycles. The molecule has 1 saturated heterocycles. The Balaban J connectivity index is 1.92. The van der Waals surface area contributed by atoms with Crippen LogP contribution in [0.25, 0.3) is 11.3 Å². The van der Waals surface area contributed by atoms with Crippen LogP contribution in [0.2, 0.25) is 0 Å². The summed E-state index contributed by atoms with van der Waals surface area (Å²) in [5.41, 5.74) is 1.20. The summed E-state index contributed by atoms with van der Waals surface area (Å²) in [6.07, 6.45) is -3.30. The third-order valence-electron chi connectivity index (χ3n) is 3.05. The van der Waals surface area contributed by atoms with Crippen LogP contribution in [0.4, 0.5) is 13.2 Å². The average Bonchev–Trinajstić information content (AvgIpc) is 3.08. The van der Waals surface area contributed by atoms with Gasteiger partial charge in [0.05, 0.1) is 36.2 Å². The van der Waals surface area contributed by atoms with E-state index < -0.39 is 18.0 Å². The molecule has 0 aliphatic carbocycles. The zero-order valence-corrected chi connectivity index (χ0v) is 10.3. The Morgan fingerprint density at radius 2 is 1.75 bits per heavy atom. The van der Waals surface area contributed by atoms with Crippen LogP contribution in [-0.2, 0) is 15.7 Å². The van der Waals surface area contributed by atoms with Crippen molar-refractivity contribution < 1.29 is 22.6 Å². The van der Waals surface area contributed by atoms with Crippen LogP contribution in [0.15, 0.2) is 30.5 Å². The van der Waals surface area contributed by atoms with Crippen LogP contribution in [0.3, 0.4) is 0 Å². The van der Waals surface area contributed by atoms with Gasteiger partial charge in [-0.05, 0) is 12.1 Å². The molecule has 1 fully saturated rings. The predicted octanol–water partition coefficient (Wildman–Crippen LogP) is 3.14. The van der Waals surface area contributed by atoms with E-state index in [1.54, 1.807) is 6.20 Å². The molecule has 2 aromatic rings. The Bertz CT molecular complexity index is 586. The van der Waals surface area contributed by atoms with E-state index in [-0.39, 0.29) is 0 Å². The summed E-state index contributed by atoms with van der Waals surface area (Å²) in [5.74, 6) is 0. The number of halogens is 3. The molecule has 1 aromatic carbocycles. The molecule has 4 nitrogen and oxygen atoms in total. The van der Waals surface area contributed by atoms with Crippen LogP contribution in [0.1, 0.15) is 17.4 Å². The minimum absolute atomic E-state index is 0.488. The summed E-state index contributed by atoms with van der Waals surface area (Å²) in [5, 5.41) is 6.67. The molecule has 0 amide bonds. The molecule has 20 heavy (non-hydrogen) atoms. The molecule has 0 bridgehead atoms. The van der Waals surface area contributed by atoms with Crippen molar-refractivity contribution in [2.75, 3.05) is 13.2 Å². The van der Waals surface area contributed by atoms with E-state index in [2.05, 4.69) is 10.2 Å². The lowest BCUT2D eigenvalue weighted by atomic mass is 10.1. The van der Waals surface area contributed by atoms with E-state index in [1.165, 1.54) is 12.1 Å². The molecule has 7 heteroatoms. The lowest BCUT2D eigenvalue weighted by molar-refractivity contribution is -0.137. The van der Waals surface area contributed by atoms with Crippen LogP contribution < -0.4 is 0 Å². The van der Waals surface area contributed by atoms with Crippen molar-refractivity contribution in [3.05, 3.63) is 41.6 Å². The topological polar surface area (TPSA) is 47.1 Å². The van der Waals surface area contributed by atoms with E-state index >= 15 is 0 Å². The van der Waals surface area contributed by atoms with Gasteiger partial charge in [-0.15, -0.1) is 0 Å². The van der Waals surface area contributed by atoms with Gasteiger partial charge in [0.15, 0.2) is 6.29 Å². The SMILES string of the molecule is FC(F)(F)c1ccc(-c2[nH]ncc2C2OCCO2)cc1. The number of hydrogen-bond donors (Lipinski definition) is 1. The first-order valence-electron chi connectivity index (χ1n) is 6.00. The summed E-state index contributed by atoms with van der Waals surface area (Å²) in [7, 11) is 0. The van der Waals surface area contributed by atoms with Gasteiger partial charge in [-0.25, -0.2) is 0 Å². The number of alkyl halides is 3. The first kappa shape index (κ1) is 13.1. The van der Waals surface area contributed by atoms with E-state index in [0.717, 1.165) is 12.1 Å². The molecule has 3 rings (SSSR count). The van der Waals surface area contributed by atoms with Crippen LogP contribution in [0.5, 0.6) is 0 Å². The van der Waals surface area contributed by atoms with Gasteiger partial charge in [0.1, 0.15) is 0 Å². The molecule has 1 aliphatic rings. The standard InChI is InChI=1S/C13H11F3N2O2/c14-13(15,16)9-3-1-8(2-4-9)11-10(7-17-18-11)12-19-5-6-20-12/h1-4,7,12H,5-6H2,(H,17,18). The maximum Gasteiger partial charge on any atom is 0.416 e. The van der Waals surface area contributed by atoms with Gasteiger partial charge in [0.2, 0.25) is 0 Å². The first-order valence-corrected chi connectivity index (χ1v) is 6.00. The van der Waals surface area contributed by atoms with E-state index in [0.29, 0.717) is 30.0 Å². The number of rotatable bonds is 2. The molecule has 0 spiro atoms. The van der Waals surface area contributed by atoms with Gasteiger partial charge in [-0.2, -0.15) is 18.3 Å². The number of nitrogens with zero attached hydrogens (tertiary/aromatic N) is 1. The van der Waals surface area contributed by atoms with Crippen LogP contribution in [0, 0.1) is 0 Å². The van der Waals surface area contributed by atoms with Crippen molar-refractivity contribution in [1.29, 1.82) is 0 Å². The van der Waals surface area contributed by atoms with E-state index in [9.17, 15) is 13.2 Å². The van der Waals surface area contributed by atoms with Crippen molar-refractivity contribution in [3.8, 4) is 11.3 Å². The number of ether oxygens (including phenoxy) is 2. The second-order valence-electron chi connectivity index (χ2n) is 4.35. The zero-order valence-electron chi connectivity index (χ0n) is 10.3. The molecule has 2 heterocycles. The van der Waals surface area contributed by atoms with Gasteiger partial charge < -0.3 is 9.47 Å². The average molecular weight is 284 g/mol. The number of nitrogens with one attached hydrogen (secondary N) is 1. The van der Waals surface area contributed by atoms with Crippen molar-refractivity contribution in [1.82, 2.24) is 10.2 Å². The van der Waals surface area contributed by atoms with Crippen molar-refractivity contribution in [2.45, 2.75) is 12.5 Å². The fourth-order valence-electron chi connectivity index (χ4n) is 2.07. The summed E-state index contributed by atoms with van der Waals surface area (Å²) in [6.45, 7) is 0.977. The molecule has 106 valence electrons. The van der Waals surface area contributed by atoms with Crippen LogP contribution in [-0.4, -0.2) is 23.4 Å². The van der Waals surface area contributed by atoms with Gasteiger partial charge in [0, 0.05) is 5.56 Å². The van der Waals surface area contributed by atoms with Gasteiger partial charge >= 0.3 is 6.18 Å². The fourth-order valence-corrected chi connectivity index (χ4v) is 2.07. The summed E-state index contributed by atoms with van der Waals surface area (Å²) < 4.78 is 48.3. The number of H-pyrrole nitrogens is 1. The Hall–Kier alpha value is -1.86. The largest absolute Gasteiger partial charge is 0.416 e. The van der Waals surface area contributed by atoms with Crippen LogP contribution >= 0.6 is 0 Å². The highest BCUT2D eigenvalue weighted by molar-refractivity contribution is 5.63. The molecule has 0 unspecified atom stereocenters. The maximum atomic E-state index is 12.5. The summed E-state index contributed by atoms with van der Waals surface area (Å²) in [6, 6.07) is 4.87. The summed E-state index contributed by atoms with van der Waals surface area (Å²) >= 11 is 0. The number of hydrogen-bond acceptors (Lipinski definition) is 3. The Kier molecular flexibility index (Phi) is 3.23. The molecule has 0 saturated carbocycles. The molecule has 1 N–H and O–H groups in total. The quantitative estimate of drug-likeness (QED) is 0.921. The van der Waals surface area contributed by atoms with Gasteiger partial charge in [-0.3, -0.25) is 5.10 Å². The fraction of sp³-hybridized carbons (Fsp3) is 0.308. The zero-order chi connectivity index (χ0) is 14.2. The molecule has 1 aliphatic heterocycles. The van der Waals surface area contributed by atoms with Gasteiger partial charge in [-0.1, -0.05) is 12.1 Å². The molecule has 0 radical (unpaired) electrons. The highest BCUT2D eigenvalue weighted by atomic mass is 19.4. The smallest absolute Gasteiger partial charge is 0.346 e. The number of aromatic nitrogens is 2. The second kappa shape index (κ2) is 4.92. The highest BCUT2D eigenvalue weighted by Gasteiger charge is 2.30. The normalized spacial score (nSPS) is 16.8. The van der Waals surface area contributed by atoms with Crippen molar-refractivity contribution >= 4 is 0 Å². The highest BCUT2D eigenvalue weighted by Crippen LogP contribution is 2.34. The third kappa shape index (κ3) is 2.41. The maximum absolute atomic E-state index is 12.5. The minimum Gasteiger partial charge on any atom is -0.346 e.